The lowest BCUT2D eigenvalue weighted by molar-refractivity contribution is -0.124. The summed E-state index contributed by atoms with van der Waals surface area (Å²) < 4.78 is 0. The van der Waals surface area contributed by atoms with Gasteiger partial charge in [0, 0.05) is 0 Å². The van der Waals surface area contributed by atoms with Gasteiger partial charge in [-0.05, 0) is 25.8 Å². The van der Waals surface area contributed by atoms with E-state index in [0.717, 1.165) is 0 Å². The molecule has 3 heteroatoms. The molecule has 0 spiro atoms. The number of rotatable bonds is 4. The summed E-state index contributed by atoms with van der Waals surface area (Å²) in [4.78, 5) is 20.5. The highest BCUT2D eigenvalue weighted by Crippen LogP contribution is 1.97. The van der Waals surface area contributed by atoms with E-state index in [-0.39, 0.29) is 12.2 Å². The van der Waals surface area contributed by atoms with E-state index in [1.807, 2.05) is 0 Å². The molecule has 0 aromatic rings. The minimum Gasteiger partial charge on any atom is -0.385 e. The smallest absolute Gasteiger partial charge is 0.158 e. The predicted molar refractivity (Wildman–Crippen MR) is 41.1 cm³/mol. The van der Waals surface area contributed by atoms with Crippen molar-refractivity contribution in [2.45, 2.75) is 26.4 Å². The molecule has 0 aliphatic rings. The fourth-order valence-electron chi connectivity index (χ4n) is 0.512. The van der Waals surface area contributed by atoms with Gasteiger partial charge in [-0.15, -0.1) is 0 Å². The van der Waals surface area contributed by atoms with Crippen molar-refractivity contribution in [2.75, 3.05) is 0 Å². The Morgan fingerprint density at radius 2 is 2.09 bits per heavy atom. The maximum Gasteiger partial charge on any atom is 0.158 e. The van der Waals surface area contributed by atoms with Crippen LogP contribution in [0.5, 0.6) is 0 Å². The fourth-order valence-corrected chi connectivity index (χ4v) is 0.512. The van der Waals surface area contributed by atoms with Crippen LogP contribution >= 0.6 is 0 Å². The van der Waals surface area contributed by atoms with Crippen molar-refractivity contribution in [3.63, 3.8) is 0 Å². The van der Waals surface area contributed by atoms with Crippen LogP contribution in [-0.2, 0) is 9.59 Å². The van der Waals surface area contributed by atoms with E-state index in [2.05, 4.69) is 0 Å². The first-order chi connectivity index (χ1) is 5.07. The molecule has 0 bridgehead atoms. The average Bonchev–Trinajstić information content (AvgIpc) is 1.99. The van der Waals surface area contributed by atoms with Gasteiger partial charge in [-0.2, -0.15) is 0 Å². The Hall–Kier alpha value is -0.960. The zero-order valence-electron chi connectivity index (χ0n) is 6.70. The molecule has 3 nitrogen and oxygen atoms in total. The molecule has 0 radical (unpaired) electrons. The van der Waals surface area contributed by atoms with Gasteiger partial charge in [0.1, 0.15) is 12.4 Å². The standard InChI is InChI=1S/C8H12O3/c1-6(5-9)3-4-8(11)7(2)10/h3,5,8,11H,4H2,1-2H3/t8-/m1/s1. The van der Waals surface area contributed by atoms with Gasteiger partial charge in [0.05, 0.1) is 0 Å². The van der Waals surface area contributed by atoms with Crippen LogP contribution in [0.3, 0.4) is 0 Å². The Morgan fingerprint density at radius 1 is 1.55 bits per heavy atom. The molecular formula is C8H12O3. The third-order valence-corrected chi connectivity index (χ3v) is 1.32. The predicted octanol–water partition coefficient (Wildman–Crippen LogP) is 0.472. The van der Waals surface area contributed by atoms with Crippen molar-refractivity contribution in [1.82, 2.24) is 0 Å². The number of carbonyl (C=O) groups is 2. The molecule has 0 saturated carbocycles. The van der Waals surface area contributed by atoms with E-state index in [0.29, 0.717) is 11.9 Å². The lowest BCUT2D eigenvalue weighted by Gasteiger charge is -2.00. The molecule has 0 unspecified atom stereocenters. The number of allylic oxidation sites excluding steroid dienone is 1. The lowest BCUT2D eigenvalue weighted by atomic mass is 10.1. The average molecular weight is 156 g/mol. The molecular weight excluding hydrogens is 144 g/mol. The molecule has 0 fully saturated rings. The van der Waals surface area contributed by atoms with Crippen LogP contribution in [0.2, 0.25) is 0 Å². The van der Waals surface area contributed by atoms with Crippen molar-refractivity contribution in [1.29, 1.82) is 0 Å². The van der Waals surface area contributed by atoms with E-state index in [4.69, 9.17) is 5.11 Å². The summed E-state index contributed by atoms with van der Waals surface area (Å²) >= 11 is 0. The van der Waals surface area contributed by atoms with Gasteiger partial charge >= 0.3 is 0 Å². The Morgan fingerprint density at radius 3 is 2.45 bits per heavy atom. The molecule has 11 heavy (non-hydrogen) atoms. The van der Waals surface area contributed by atoms with Gasteiger partial charge in [0.2, 0.25) is 0 Å². The van der Waals surface area contributed by atoms with E-state index in [1.54, 1.807) is 13.0 Å². The SMILES string of the molecule is CC(=O)[C@H](O)CC=C(C)C=O. The molecule has 0 aromatic carbocycles. The number of ketones is 1. The fraction of sp³-hybridized carbons (Fsp3) is 0.500. The van der Waals surface area contributed by atoms with Crippen LogP contribution < -0.4 is 0 Å². The second kappa shape index (κ2) is 4.79. The zero-order chi connectivity index (χ0) is 8.85. The highest BCUT2D eigenvalue weighted by molar-refractivity contribution is 5.80. The summed E-state index contributed by atoms with van der Waals surface area (Å²) in [6.45, 7) is 2.94. The van der Waals surface area contributed by atoms with E-state index >= 15 is 0 Å². The van der Waals surface area contributed by atoms with Gasteiger partial charge in [-0.25, -0.2) is 0 Å². The number of Topliss-reactive ketones (excluding diaryl/α,β-unsaturated/α-hetero) is 1. The van der Waals surface area contributed by atoms with Gasteiger partial charge in [-0.1, -0.05) is 6.08 Å². The zero-order valence-corrected chi connectivity index (χ0v) is 6.70. The highest BCUT2D eigenvalue weighted by Gasteiger charge is 2.06. The van der Waals surface area contributed by atoms with Gasteiger partial charge in [0.15, 0.2) is 5.78 Å². The molecule has 0 heterocycles. The summed E-state index contributed by atoms with van der Waals surface area (Å²) in [5.74, 6) is -0.278. The summed E-state index contributed by atoms with van der Waals surface area (Å²) in [7, 11) is 0. The van der Waals surface area contributed by atoms with Crippen LogP contribution in [0.1, 0.15) is 20.3 Å². The lowest BCUT2D eigenvalue weighted by Crippen LogP contribution is -2.15. The molecule has 0 amide bonds. The van der Waals surface area contributed by atoms with Crippen LogP contribution in [0.4, 0.5) is 0 Å². The monoisotopic (exact) mass is 156 g/mol. The number of aliphatic hydroxyl groups excluding tert-OH is 1. The van der Waals surface area contributed by atoms with Crippen molar-refractivity contribution in [3.8, 4) is 0 Å². The first-order valence-corrected chi connectivity index (χ1v) is 3.38. The second-order valence-corrected chi connectivity index (χ2v) is 2.43. The van der Waals surface area contributed by atoms with Crippen LogP contribution in [0.25, 0.3) is 0 Å². The number of hydrogen-bond donors (Lipinski definition) is 1. The minimum atomic E-state index is -0.968. The number of carbonyl (C=O) groups excluding carboxylic acids is 2. The van der Waals surface area contributed by atoms with E-state index < -0.39 is 6.10 Å². The molecule has 0 saturated heterocycles. The maximum absolute atomic E-state index is 10.5. The van der Waals surface area contributed by atoms with Crippen LogP contribution in [0.15, 0.2) is 11.6 Å². The Kier molecular flexibility index (Phi) is 4.38. The first-order valence-electron chi connectivity index (χ1n) is 3.38. The summed E-state index contributed by atoms with van der Waals surface area (Å²) in [6, 6.07) is 0. The number of aliphatic hydroxyl groups is 1. The maximum atomic E-state index is 10.5. The number of aldehydes is 1. The first kappa shape index (κ1) is 10.0. The summed E-state index contributed by atoms with van der Waals surface area (Å²) in [5, 5.41) is 8.96. The molecule has 0 aliphatic carbocycles. The van der Waals surface area contributed by atoms with Crippen molar-refractivity contribution < 1.29 is 14.7 Å². The number of hydrogen-bond acceptors (Lipinski definition) is 3. The van der Waals surface area contributed by atoms with Gasteiger partial charge < -0.3 is 5.11 Å². The van der Waals surface area contributed by atoms with Crippen molar-refractivity contribution in [2.24, 2.45) is 0 Å². The second-order valence-electron chi connectivity index (χ2n) is 2.43. The van der Waals surface area contributed by atoms with Crippen molar-refractivity contribution >= 4 is 12.1 Å². The highest BCUT2D eigenvalue weighted by atomic mass is 16.3. The molecule has 1 atom stereocenters. The third-order valence-electron chi connectivity index (χ3n) is 1.32. The van der Waals surface area contributed by atoms with Crippen LogP contribution in [0, 0.1) is 0 Å². The normalized spacial score (nSPS) is 14.3. The van der Waals surface area contributed by atoms with Gasteiger partial charge in [0.25, 0.3) is 0 Å². The Labute approximate surface area is 65.7 Å². The molecule has 1 N–H and O–H groups in total. The molecule has 0 rings (SSSR count). The van der Waals surface area contributed by atoms with Crippen molar-refractivity contribution in [3.05, 3.63) is 11.6 Å². The van der Waals surface area contributed by atoms with E-state index in [1.165, 1.54) is 6.92 Å². The quantitative estimate of drug-likeness (QED) is 0.475. The van der Waals surface area contributed by atoms with E-state index in [9.17, 15) is 9.59 Å². The molecule has 0 aromatic heterocycles. The Balaban J connectivity index is 3.87. The summed E-state index contributed by atoms with van der Waals surface area (Å²) in [5.41, 5.74) is 0.533. The molecule has 0 aliphatic heterocycles. The van der Waals surface area contributed by atoms with Crippen LogP contribution in [-0.4, -0.2) is 23.3 Å². The Bertz CT molecular complexity index is 182. The van der Waals surface area contributed by atoms with Gasteiger partial charge in [-0.3, -0.25) is 9.59 Å². The topological polar surface area (TPSA) is 54.4 Å². The largest absolute Gasteiger partial charge is 0.385 e. The third kappa shape index (κ3) is 4.44. The summed E-state index contributed by atoms with van der Waals surface area (Å²) in [6.07, 6.45) is 1.48. The minimum absolute atomic E-state index is 0.222. The molecule has 62 valence electrons.